The van der Waals surface area contributed by atoms with Gasteiger partial charge in [-0.1, -0.05) is 37.6 Å². The first kappa shape index (κ1) is 19.0. The van der Waals surface area contributed by atoms with Gasteiger partial charge in [-0.2, -0.15) is 0 Å². The molecule has 0 unspecified atom stereocenters. The molecule has 2 rings (SSSR count). The summed E-state index contributed by atoms with van der Waals surface area (Å²) >= 11 is 5.78. The van der Waals surface area contributed by atoms with Crippen molar-refractivity contribution in [3.8, 4) is 5.75 Å². The van der Waals surface area contributed by atoms with Gasteiger partial charge in [0, 0.05) is 10.6 Å². The van der Waals surface area contributed by atoms with E-state index in [0.29, 0.717) is 16.3 Å². The molecule has 0 radical (unpaired) electrons. The summed E-state index contributed by atoms with van der Waals surface area (Å²) in [5.41, 5.74) is 2.51. The van der Waals surface area contributed by atoms with Crippen molar-refractivity contribution in [2.24, 2.45) is 0 Å². The number of aryl methyl sites for hydroxylation is 1. The van der Waals surface area contributed by atoms with Crippen molar-refractivity contribution >= 4 is 23.4 Å². The third-order valence-electron chi connectivity index (χ3n) is 3.67. The number of carbonyl (C=O) groups excluding carboxylic acids is 2. The highest BCUT2D eigenvalue weighted by Crippen LogP contribution is 2.27. The van der Waals surface area contributed by atoms with E-state index in [4.69, 9.17) is 21.1 Å². The highest BCUT2D eigenvalue weighted by atomic mass is 35.5. The molecule has 0 spiro atoms. The fourth-order valence-electron chi connectivity index (χ4n) is 2.29. The van der Waals surface area contributed by atoms with Gasteiger partial charge in [0.25, 0.3) is 0 Å². The molecule has 0 bridgehead atoms. The second-order valence-electron chi connectivity index (χ2n) is 6.08. The van der Waals surface area contributed by atoms with Crippen molar-refractivity contribution in [2.75, 3.05) is 13.2 Å². The third kappa shape index (κ3) is 5.61. The lowest BCUT2D eigenvalue weighted by Gasteiger charge is -2.14. The van der Waals surface area contributed by atoms with E-state index in [1.54, 1.807) is 24.3 Å². The first-order chi connectivity index (χ1) is 11.9. The number of hydrogen-bond acceptors (Lipinski definition) is 4. The van der Waals surface area contributed by atoms with Crippen LogP contribution in [-0.4, -0.2) is 25.0 Å². The van der Waals surface area contributed by atoms with Gasteiger partial charge in [-0.05, 0) is 54.3 Å². The summed E-state index contributed by atoms with van der Waals surface area (Å²) in [5.74, 6) is 0.0658. The van der Waals surface area contributed by atoms with Gasteiger partial charge in [-0.3, -0.25) is 4.79 Å². The smallest absolute Gasteiger partial charge is 0.344 e. The summed E-state index contributed by atoms with van der Waals surface area (Å²) in [7, 11) is 0. The first-order valence-corrected chi connectivity index (χ1v) is 8.42. The third-order valence-corrected chi connectivity index (χ3v) is 3.92. The van der Waals surface area contributed by atoms with E-state index in [2.05, 4.69) is 13.8 Å². The highest BCUT2D eigenvalue weighted by Gasteiger charge is 2.13. The molecule has 0 fully saturated rings. The summed E-state index contributed by atoms with van der Waals surface area (Å²) < 4.78 is 10.6. The van der Waals surface area contributed by atoms with E-state index in [1.165, 1.54) is 0 Å². The number of Topliss-reactive ketones (excluding diaryl/α,β-unsaturated/α-hetero) is 1. The molecule has 4 nitrogen and oxygen atoms in total. The molecule has 0 heterocycles. The Morgan fingerprint density at radius 2 is 1.72 bits per heavy atom. The number of hydrogen-bond donors (Lipinski definition) is 0. The molecule has 2 aromatic rings. The molecule has 0 aliphatic heterocycles. The molecule has 0 aliphatic rings. The van der Waals surface area contributed by atoms with E-state index in [-0.39, 0.29) is 24.9 Å². The zero-order valence-electron chi connectivity index (χ0n) is 14.5. The maximum absolute atomic E-state index is 12.0. The quantitative estimate of drug-likeness (QED) is 0.536. The lowest BCUT2D eigenvalue weighted by molar-refractivity contribution is -0.144. The molecule has 132 valence electrons. The first-order valence-electron chi connectivity index (χ1n) is 8.04. The molecule has 0 amide bonds. The van der Waals surface area contributed by atoms with E-state index < -0.39 is 5.97 Å². The number of ketones is 1. The molecule has 25 heavy (non-hydrogen) atoms. The van der Waals surface area contributed by atoms with Crippen LogP contribution in [0.25, 0.3) is 0 Å². The molecule has 0 atom stereocenters. The van der Waals surface area contributed by atoms with Gasteiger partial charge in [0.15, 0.2) is 19.0 Å². The molecule has 0 saturated carbocycles. The predicted molar refractivity (Wildman–Crippen MR) is 97.5 cm³/mol. The van der Waals surface area contributed by atoms with E-state index in [0.717, 1.165) is 11.1 Å². The Labute approximate surface area is 152 Å². The van der Waals surface area contributed by atoms with Crippen molar-refractivity contribution in [1.29, 1.82) is 0 Å². The Hall–Kier alpha value is -2.33. The SMILES string of the molecule is Cc1ccc(C(C)C)c(OCC(=O)OCC(=O)c2ccc(Cl)cc2)c1. The second kappa shape index (κ2) is 8.67. The van der Waals surface area contributed by atoms with Gasteiger partial charge in [0.1, 0.15) is 5.75 Å². The Morgan fingerprint density at radius 1 is 1.04 bits per heavy atom. The zero-order chi connectivity index (χ0) is 18.4. The summed E-state index contributed by atoms with van der Waals surface area (Å²) in [5, 5.41) is 0.543. The van der Waals surface area contributed by atoms with Gasteiger partial charge >= 0.3 is 5.97 Å². The Kier molecular flexibility index (Phi) is 6.59. The number of carbonyl (C=O) groups is 2. The van der Waals surface area contributed by atoms with Crippen LogP contribution in [0.2, 0.25) is 5.02 Å². The summed E-state index contributed by atoms with van der Waals surface area (Å²) in [6.07, 6.45) is 0. The van der Waals surface area contributed by atoms with Crippen LogP contribution < -0.4 is 4.74 Å². The molecule has 2 aromatic carbocycles. The molecular formula is C20H21ClO4. The Bertz CT molecular complexity index is 751. The molecule has 0 N–H and O–H groups in total. The van der Waals surface area contributed by atoms with Gasteiger partial charge < -0.3 is 9.47 Å². The average molecular weight is 361 g/mol. The molecule has 0 saturated heterocycles. The number of halogens is 1. The lowest BCUT2D eigenvalue weighted by Crippen LogP contribution is -2.20. The van der Waals surface area contributed by atoms with Crippen molar-refractivity contribution in [3.05, 3.63) is 64.2 Å². The fourth-order valence-corrected chi connectivity index (χ4v) is 2.41. The van der Waals surface area contributed by atoms with Crippen LogP contribution in [0.3, 0.4) is 0 Å². The minimum absolute atomic E-state index is 0.239. The van der Waals surface area contributed by atoms with Gasteiger partial charge in [-0.25, -0.2) is 4.79 Å². The highest BCUT2D eigenvalue weighted by molar-refractivity contribution is 6.30. The number of benzene rings is 2. The van der Waals surface area contributed by atoms with Crippen molar-refractivity contribution in [2.45, 2.75) is 26.7 Å². The molecule has 0 aromatic heterocycles. The van der Waals surface area contributed by atoms with Crippen molar-refractivity contribution in [3.63, 3.8) is 0 Å². The summed E-state index contributed by atoms with van der Waals surface area (Å²) in [6, 6.07) is 12.3. The van der Waals surface area contributed by atoms with Crippen LogP contribution in [0.15, 0.2) is 42.5 Å². The minimum Gasteiger partial charge on any atom is -0.482 e. The normalized spacial score (nSPS) is 10.6. The van der Waals surface area contributed by atoms with Gasteiger partial charge in [0.05, 0.1) is 0 Å². The minimum atomic E-state index is -0.585. The average Bonchev–Trinajstić information content (AvgIpc) is 2.58. The van der Waals surface area contributed by atoms with Crippen LogP contribution in [0.5, 0.6) is 5.75 Å². The van der Waals surface area contributed by atoms with Gasteiger partial charge in [0.2, 0.25) is 0 Å². The Balaban J connectivity index is 1.88. The Morgan fingerprint density at radius 3 is 2.36 bits per heavy atom. The van der Waals surface area contributed by atoms with E-state index in [1.807, 2.05) is 25.1 Å². The molecular weight excluding hydrogens is 340 g/mol. The van der Waals surface area contributed by atoms with Gasteiger partial charge in [-0.15, -0.1) is 0 Å². The maximum atomic E-state index is 12.0. The van der Waals surface area contributed by atoms with Crippen LogP contribution >= 0.6 is 11.6 Å². The monoisotopic (exact) mass is 360 g/mol. The van der Waals surface area contributed by atoms with E-state index in [9.17, 15) is 9.59 Å². The van der Waals surface area contributed by atoms with Crippen molar-refractivity contribution < 1.29 is 19.1 Å². The molecule has 5 heteroatoms. The maximum Gasteiger partial charge on any atom is 0.344 e. The largest absolute Gasteiger partial charge is 0.482 e. The lowest BCUT2D eigenvalue weighted by atomic mass is 10.0. The predicted octanol–water partition coefficient (Wildman–Crippen LogP) is 4.58. The van der Waals surface area contributed by atoms with Crippen LogP contribution in [0.4, 0.5) is 0 Å². The number of ether oxygens (including phenoxy) is 2. The summed E-state index contributed by atoms with van der Waals surface area (Å²) in [6.45, 7) is 5.51. The van der Waals surface area contributed by atoms with Crippen molar-refractivity contribution in [1.82, 2.24) is 0 Å². The topological polar surface area (TPSA) is 52.6 Å². The standard InChI is InChI=1S/C20H21ClO4/c1-13(2)17-9-4-14(3)10-19(17)24-12-20(23)25-11-18(22)15-5-7-16(21)8-6-15/h4-10,13H,11-12H2,1-3H3. The summed E-state index contributed by atoms with van der Waals surface area (Å²) in [4.78, 5) is 23.8. The number of esters is 1. The fraction of sp³-hybridized carbons (Fsp3) is 0.300. The molecule has 0 aliphatic carbocycles. The van der Waals surface area contributed by atoms with E-state index >= 15 is 0 Å². The van der Waals surface area contributed by atoms with Crippen LogP contribution in [0.1, 0.15) is 41.3 Å². The second-order valence-corrected chi connectivity index (χ2v) is 6.51. The zero-order valence-corrected chi connectivity index (χ0v) is 15.3. The number of rotatable bonds is 7. The van der Waals surface area contributed by atoms with Crippen LogP contribution in [-0.2, 0) is 9.53 Å². The van der Waals surface area contributed by atoms with Crippen LogP contribution in [0, 0.1) is 6.92 Å².